The fourth-order valence-electron chi connectivity index (χ4n) is 6.08. The van der Waals surface area contributed by atoms with Crippen molar-refractivity contribution in [3.63, 3.8) is 0 Å². The van der Waals surface area contributed by atoms with Gasteiger partial charge in [0.05, 0.1) is 5.69 Å². The van der Waals surface area contributed by atoms with Crippen molar-refractivity contribution in [1.82, 2.24) is 4.57 Å². The molecule has 5 rings (SSSR count). The molecule has 0 saturated heterocycles. The average Bonchev–Trinajstić information content (AvgIpc) is 3.46. The van der Waals surface area contributed by atoms with Gasteiger partial charge in [-0.1, -0.05) is 138 Å². The van der Waals surface area contributed by atoms with E-state index in [2.05, 4.69) is 142 Å². The third-order valence-corrected chi connectivity index (χ3v) is 10.5. The number of rotatable bonds is 3. The Morgan fingerprint density at radius 2 is 0.977 bits per heavy atom. The molecule has 0 amide bonds. The molecule has 0 aliphatic heterocycles. The summed E-state index contributed by atoms with van der Waals surface area (Å²) in [6.45, 7) is 27.9. The Bertz CT molecular complexity index is 1580. The lowest BCUT2D eigenvalue weighted by Gasteiger charge is -2.28. The lowest BCUT2D eigenvalue weighted by Crippen LogP contribution is -2.17. The topological polar surface area (TPSA) is 4.93 Å². The average molecular weight is 610 g/mol. The molecule has 1 nitrogen and oxygen atoms in total. The molecule has 3 heteroatoms. The molecule has 3 aromatic carbocycles. The van der Waals surface area contributed by atoms with Gasteiger partial charge in [-0.25, -0.2) is 0 Å². The molecule has 43 heavy (non-hydrogen) atoms. The molecule has 1 aliphatic rings. The predicted molar refractivity (Wildman–Crippen MR) is 192 cm³/mol. The molecule has 1 aromatic heterocycles. The van der Waals surface area contributed by atoms with E-state index >= 15 is 0 Å². The van der Waals surface area contributed by atoms with Gasteiger partial charge in [-0.2, -0.15) is 0 Å². The van der Waals surface area contributed by atoms with E-state index in [9.17, 15) is 0 Å². The van der Waals surface area contributed by atoms with Gasteiger partial charge in [0.25, 0.3) is 0 Å². The zero-order chi connectivity index (χ0) is 31.7. The summed E-state index contributed by atoms with van der Waals surface area (Å²) in [7, 11) is 0. The fourth-order valence-corrected chi connectivity index (χ4v) is 7.65. The van der Waals surface area contributed by atoms with Crippen LogP contribution in [0.4, 0.5) is 0 Å². The monoisotopic (exact) mass is 609 g/mol. The van der Waals surface area contributed by atoms with E-state index in [-0.39, 0.29) is 21.7 Å². The van der Waals surface area contributed by atoms with Crippen LogP contribution in [-0.2, 0) is 34.5 Å². The van der Waals surface area contributed by atoms with Crippen LogP contribution in [0.3, 0.4) is 0 Å². The third kappa shape index (κ3) is 6.36. The standard InChI is InChI=1S/C40H51NS2/c1-37(2,3)27-19-25(20-28(23-27)38(4,5)6)31-15-13-16-32(35(31)41-33-17-14-18-34(33)43-36(41)42)26-21-29(39(7,8)9)24-30(22-26)40(10,11)12/h13,15-16,19-24H,14,17-18H2,1-12H3. The second kappa shape index (κ2) is 10.8. The van der Waals surface area contributed by atoms with Gasteiger partial charge in [0.15, 0.2) is 3.95 Å². The molecule has 0 N–H and O–H groups in total. The van der Waals surface area contributed by atoms with Crippen molar-refractivity contribution in [2.24, 2.45) is 0 Å². The van der Waals surface area contributed by atoms with E-state index in [4.69, 9.17) is 12.2 Å². The first-order chi connectivity index (χ1) is 19.7. The molecule has 0 atom stereocenters. The van der Waals surface area contributed by atoms with Gasteiger partial charge in [0, 0.05) is 21.7 Å². The van der Waals surface area contributed by atoms with Crippen LogP contribution in [0.2, 0.25) is 0 Å². The van der Waals surface area contributed by atoms with Crippen molar-refractivity contribution in [2.75, 3.05) is 0 Å². The van der Waals surface area contributed by atoms with Crippen LogP contribution in [0.25, 0.3) is 27.9 Å². The summed E-state index contributed by atoms with van der Waals surface area (Å²) >= 11 is 8.00. The summed E-state index contributed by atoms with van der Waals surface area (Å²) in [5, 5.41) is 0. The Hall–Kier alpha value is -2.49. The molecule has 0 bridgehead atoms. The molecule has 4 aromatic rings. The lowest BCUT2D eigenvalue weighted by atomic mass is 9.77. The quantitative estimate of drug-likeness (QED) is 0.209. The summed E-state index contributed by atoms with van der Waals surface area (Å²) in [4.78, 5) is 1.46. The van der Waals surface area contributed by atoms with Gasteiger partial charge in [-0.05, 0) is 86.5 Å². The highest BCUT2D eigenvalue weighted by Crippen LogP contribution is 2.44. The van der Waals surface area contributed by atoms with E-state index in [1.165, 1.54) is 67.2 Å². The van der Waals surface area contributed by atoms with Crippen molar-refractivity contribution in [1.29, 1.82) is 0 Å². The molecule has 1 heterocycles. The summed E-state index contributed by atoms with van der Waals surface area (Å²) in [5.41, 5.74) is 13.4. The summed E-state index contributed by atoms with van der Waals surface area (Å²) < 4.78 is 3.41. The largest absolute Gasteiger partial charge is 0.294 e. The van der Waals surface area contributed by atoms with Gasteiger partial charge >= 0.3 is 0 Å². The Labute approximate surface area is 270 Å². The van der Waals surface area contributed by atoms with Crippen LogP contribution in [0.5, 0.6) is 0 Å². The van der Waals surface area contributed by atoms with E-state index in [0.717, 1.165) is 16.8 Å². The van der Waals surface area contributed by atoms with Crippen LogP contribution in [-0.4, -0.2) is 4.57 Å². The highest BCUT2D eigenvalue weighted by Gasteiger charge is 2.27. The number of hydrogen-bond donors (Lipinski definition) is 0. The summed E-state index contributed by atoms with van der Waals surface area (Å²) in [6, 6.07) is 21.5. The number of hydrogen-bond acceptors (Lipinski definition) is 2. The highest BCUT2D eigenvalue weighted by atomic mass is 32.1. The third-order valence-electron chi connectivity index (χ3n) is 9.01. The minimum atomic E-state index is 0.0381. The van der Waals surface area contributed by atoms with Gasteiger partial charge in [0.2, 0.25) is 0 Å². The summed E-state index contributed by atoms with van der Waals surface area (Å²) in [6.07, 6.45) is 3.42. The number of thiazole rings is 1. The maximum atomic E-state index is 6.18. The van der Waals surface area contributed by atoms with Crippen molar-refractivity contribution in [3.8, 4) is 27.9 Å². The van der Waals surface area contributed by atoms with Gasteiger partial charge < -0.3 is 0 Å². The van der Waals surface area contributed by atoms with E-state index in [0.29, 0.717) is 0 Å². The molecular weight excluding hydrogens is 559 g/mol. The van der Waals surface area contributed by atoms with Crippen molar-refractivity contribution in [3.05, 3.63) is 91.4 Å². The second-order valence-corrected chi connectivity index (χ2v) is 18.5. The van der Waals surface area contributed by atoms with Gasteiger partial charge in [-0.3, -0.25) is 4.57 Å². The van der Waals surface area contributed by atoms with E-state index in [1.807, 2.05) is 11.3 Å². The smallest absolute Gasteiger partial charge is 0.166 e. The fraction of sp³-hybridized carbons (Fsp3) is 0.475. The highest BCUT2D eigenvalue weighted by molar-refractivity contribution is 7.73. The molecule has 0 spiro atoms. The first kappa shape index (κ1) is 31.9. The Balaban J connectivity index is 1.92. The van der Waals surface area contributed by atoms with Crippen LogP contribution in [0.1, 0.15) is 122 Å². The Kier molecular flexibility index (Phi) is 8.05. The number of fused-ring (bicyclic) bond motifs is 1. The maximum Gasteiger partial charge on any atom is 0.166 e. The normalized spacial score (nSPS) is 14.3. The van der Waals surface area contributed by atoms with Crippen LogP contribution in [0, 0.1) is 3.95 Å². The van der Waals surface area contributed by atoms with Gasteiger partial charge in [0.1, 0.15) is 0 Å². The SMILES string of the molecule is CC(C)(C)c1cc(-c2cccc(-c3cc(C(C)(C)C)cc(C(C)(C)C)c3)c2-n2c3c(sc2=S)CCC3)cc(C(C)(C)C)c1. The van der Waals surface area contributed by atoms with E-state index in [1.54, 1.807) is 0 Å². The molecule has 0 unspecified atom stereocenters. The minimum Gasteiger partial charge on any atom is -0.294 e. The minimum absolute atomic E-state index is 0.0381. The Morgan fingerprint density at radius 3 is 1.35 bits per heavy atom. The van der Waals surface area contributed by atoms with Crippen LogP contribution >= 0.6 is 23.6 Å². The zero-order valence-electron chi connectivity index (χ0n) is 28.6. The predicted octanol–water partition coefficient (Wildman–Crippen LogP) is 12.3. The van der Waals surface area contributed by atoms with Gasteiger partial charge in [-0.15, -0.1) is 11.3 Å². The molecule has 0 saturated carbocycles. The first-order valence-electron chi connectivity index (χ1n) is 15.9. The number of benzene rings is 3. The molecule has 1 aliphatic carbocycles. The first-order valence-corrected chi connectivity index (χ1v) is 17.2. The van der Waals surface area contributed by atoms with Crippen LogP contribution in [0.15, 0.2) is 54.6 Å². The van der Waals surface area contributed by atoms with Crippen LogP contribution < -0.4 is 0 Å². The molecule has 228 valence electrons. The van der Waals surface area contributed by atoms with Crippen molar-refractivity contribution in [2.45, 2.75) is 124 Å². The van der Waals surface area contributed by atoms with Crippen molar-refractivity contribution >= 4 is 23.6 Å². The molecule has 0 radical (unpaired) electrons. The number of aromatic nitrogens is 1. The summed E-state index contributed by atoms with van der Waals surface area (Å²) in [5.74, 6) is 0. The van der Waals surface area contributed by atoms with Crippen molar-refractivity contribution < 1.29 is 0 Å². The molecule has 0 fully saturated rings. The maximum absolute atomic E-state index is 6.18. The number of nitrogens with zero attached hydrogens (tertiary/aromatic N) is 1. The number of para-hydroxylation sites is 1. The molecular formula is C40H51NS2. The number of aryl methyl sites for hydroxylation is 1. The second-order valence-electron chi connectivity index (χ2n) is 16.7. The lowest BCUT2D eigenvalue weighted by molar-refractivity contribution is 0.568. The van der Waals surface area contributed by atoms with E-state index < -0.39 is 0 Å². The zero-order valence-corrected chi connectivity index (χ0v) is 30.2. The Morgan fingerprint density at radius 1 is 0.581 bits per heavy atom.